The van der Waals surface area contributed by atoms with Crippen LogP contribution in [0.15, 0.2) is 91.0 Å². The fourth-order valence-electron chi connectivity index (χ4n) is 4.96. The summed E-state index contributed by atoms with van der Waals surface area (Å²) in [7, 11) is 0. The number of hydrogen-bond donors (Lipinski definition) is 2. The van der Waals surface area contributed by atoms with Crippen molar-refractivity contribution in [2.75, 3.05) is 6.61 Å². The van der Waals surface area contributed by atoms with Crippen molar-refractivity contribution in [1.29, 1.82) is 0 Å². The van der Waals surface area contributed by atoms with Crippen LogP contribution in [-0.2, 0) is 22.6 Å². The summed E-state index contributed by atoms with van der Waals surface area (Å²) in [6.07, 6.45) is -1.65. The maximum Gasteiger partial charge on any atom is 0.408 e. The Hall–Kier alpha value is -4.72. The zero-order valence-corrected chi connectivity index (χ0v) is 21.7. The van der Waals surface area contributed by atoms with Crippen molar-refractivity contribution in [1.82, 2.24) is 5.32 Å². The van der Waals surface area contributed by atoms with Crippen molar-refractivity contribution in [3.05, 3.63) is 125 Å². The van der Waals surface area contributed by atoms with E-state index in [4.69, 9.17) is 9.47 Å². The van der Waals surface area contributed by atoms with Crippen LogP contribution in [0.3, 0.4) is 0 Å². The maximum atomic E-state index is 14.9. The van der Waals surface area contributed by atoms with Gasteiger partial charge in [-0.3, -0.25) is 0 Å². The summed E-state index contributed by atoms with van der Waals surface area (Å²) in [6, 6.07) is 26.7. The largest absolute Gasteiger partial charge is 0.489 e. The molecule has 0 radical (unpaired) electrons. The van der Waals surface area contributed by atoms with Crippen molar-refractivity contribution < 1.29 is 33.0 Å². The second kappa shape index (κ2) is 11.2. The number of carbonyl (C=O) groups is 2. The number of hydrogen-bond acceptors (Lipinski definition) is 4. The van der Waals surface area contributed by atoms with Gasteiger partial charge in [-0.1, -0.05) is 78.9 Å². The molecule has 0 aromatic heterocycles. The number of alkyl carbamates (subject to hydrolysis) is 1. The van der Waals surface area contributed by atoms with E-state index in [1.165, 1.54) is 6.92 Å². The van der Waals surface area contributed by atoms with Gasteiger partial charge in [0, 0.05) is 30.0 Å². The second-order valence-electron chi connectivity index (χ2n) is 9.90. The third-order valence-corrected chi connectivity index (χ3v) is 7.09. The van der Waals surface area contributed by atoms with Crippen LogP contribution in [0.4, 0.5) is 13.6 Å². The summed E-state index contributed by atoms with van der Waals surface area (Å²) in [6.45, 7) is 1.25. The van der Waals surface area contributed by atoms with E-state index in [0.29, 0.717) is 0 Å². The van der Waals surface area contributed by atoms with Gasteiger partial charge in [-0.05, 0) is 34.7 Å². The van der Waals surface area contributed by atoms with Gasteiger partial charge in [0.05, 0.1) is 0 Å². The minimum Gasteiger partial charge on any atom is -0.489 e. The van der Waals surface area contributed by atoms with E-state index < -0.39 is 41.2 Å². The molecule has 4 aromatic carbocycles. The highest BCUT2D eigenvalue weighted by Gasteiger charge is 2.38. The molecule has 1 aliphatic rings. The number of amides is 1. The summed E-state index contributed by atoms with van der Waals surface area (Å²) in [5, 5.41) is 12.2. The zero-order chi connectivity index (χ0) is 28.3. The van der Waals surface area contributed by atoms with Gasteiger partial charge in [-0.2, -0.15) is 0 Å². The number of rotatable bonds is 9. The fraction of sp³-hybridized carbons (Fsp3) is 0.188. The molecule has 0 fully saturated rings. The smallest absolute Gasteiger partial charge is 0.408 e. The maximum absolute atomic E-state index is 14.9. The second-order valence-corrected chi connectivity index (χ2v) is 9.90. The molecule has 6 nitrogen and oxygen atoms in total. The number of carboxylic acids is 1. The topological polar surface area (TPSA) is 84.9 Å². The average Bonchev–Trinajstić information content (AvgIpc) is 3.27. The van der Waals surface area contributed by atoms with Crippen molar-refractivity contribution in [2.24, 2.45) is 0 Å². The summed E-state index contributed by atoms with van der Waals surface area (Å²) in [4.78, 5) is 24.9. The first-order valence-corrected chi connectivity index (χ1v) is 12.8. The highest BCUT2D eigenvalue weighted by molar-refractivity contribution is 5.84. The van der Waals surface area contributed by atoms with Crippen molar-refractivity contribution in [2.45, 2.75) is 31.4 Å². The molecule has 204 valence electrons. The van der Waals surface area contributed by atoms with Gasteiger partial charge in [-0.25, -0.2) is 18.4 Å². The van der Waals surface area contributed by atoms with E-state index >= 15 is 0 Å². The monoisotopic (exact) mass is 543 g/mol. The number of halogens is 2. The third-order valence-electron chi connectivity index (χ3n) is 7.09. The molecule has 0 spiro atoms. The minimum absolute atomic E-state index is 0.0360. The Kier molecular flexibility index (Phi) is 7.51. The van der Waals surface area contributed by atoms with Crippen LogP contribution in [0.5, 0.6) is 5.75 Å². The molecule has 2 N–H and O–H groups in total. The Morgan fingerprint density at radius 3 is 2.00 bits per heavy atom. The van der Waals surface area contributed by atoms with Crippen molar-refractivity contribution in [3.8, 4) is 16.9 Å². The average molecular weight is 544 g/mol. The molecule has 5 rings (SSSR count). The Labute approximate surface area is 230 Å². The number of nitrogens with one attached hydrogen (secondary N) is 1. The summed E-state index contributed by atoms with van der Waals surface area (Å²) in [5.74, 6) is -3.70. The van der Waals surface area contributed by atoms with Gasteiger partial charge < -0.3 is 19.9 Å². The van der Waals surface area contributed by atoms with Gasteiger partial charge in [0.25, 0.3) is 0 Å². The van der Waals surface area contributed by atoms with E-state index in [1.54, 1.807) is 0 Å². The lowest BCUT2D eigenvalue weighted by Gasteiger charge is -2.27. The Morgan fingerprint density at radius 2 is 1.43 bits per heavy atom. The van der Waals surface area contributed by atoms with E-state index in [1.807, 2.05) is 78.9 Å². The molecule has 0 saturated carbocycles. The Morgan fingerprint density at radius 1 is 0.875 bits per heavy atom. The van der Waals surface area contributed by atoms with E-state index in [-0.39, 0.29) is 24.9 Å². The Balaban J connectivity index is 1.27. The third kappa shape index (κ3) is 5.52. The highest BCUT2D eigenvalue weighted by Crippen LogP contribution is 2.44. The molecular formula is C32H27F2NO5. The molecule has 4 aromatic rings. The number of benzene rings is 4. The van der Waals surface area contributed by atoms with Crippen LogP contribution in [0.25, 0.3) is 11.1 Å². The predicted molar refractivity (Wildman–Crippen MR) is 145 cm³/mol. The summed E-state index contributed by atoms with van der Waals surface area (Å²) in [5.41, 5.74) is 2.37. The molecule has 40 heavy (non-hydrogen) atoms. The molecule has 1 aliphatic carbocycles. The van der Waals surface area contributed by atoms with Gasteiger partial charge in [0.15, 0.2) is 0 Å². The number of carboxylic acid groups (broad SMARTS) is 1. The van der Waals surface area contributed by atoms with Gasteiger partial charge in [-0.15, -0.1) is 0 Å². The number of fused-ring (bicyclic) bond motifs is 3. The van der Waals surface area contributed by atoms with E-state index in [2.05, 4.69) is 5.32 Å². The van der Waals surface area contributed by atoms with Crippen molar-refractivity contribution >= 4 is 12.1 Å². The molecule has 0 unspecified atom stereocenters. The van der Waals surface area contributed by atoms with Crippen LogP contribution in [-0.4, -0.2) is 29.3 Å². The SMILES string of the molecule is C[C@@](Cc1c(F)cc(OCc2ccccc2)cc1F)(NC(=O)OCC1c2ccccc2-c2ccccc21)C(=O)O. The first kappa shape index (κ1) is 26.9. The number of ether oxygens (including phenoxy) is 2. The molecule has 0 bridgehead atoms. The molecule has 8 heteroatoms. The molecule has 1 amide bonds. The van der Waals surface area contributed by atoms with Crippen LogP contribution in [0.1, 0.15) is 35.1 Å². The lowest BCUT2D eigenvalue weighted by molar-refractivity contribution is -0.143. The van der Waals surface area contributed by atoms with Gasteiger partial charge in [0.2, 0.25) is 0 Å². The summed E-state index contributed by atoms with van der Waals surface area (Å²) >= 11 is 0. The van der Waals surface area contributed by atoms with Crippen molar-refractivity contribution in [3.63, 3.8) is 0 Å². The van der Waals surface area contributed by atoms with E-state index in [0.717, 1.165) is 39.9 Å². The molecule has 0 saturated heterocycles. The first-order chi connectivity index (χ1) is 19.2. The Bertz CT molecular complexity index is 1490. The molecule has 1 atom stereocenters. The number of carbonyl (C=O) groups excluding carboxylic acids is 1. The predicted octanol–water partition coefficient (Wildman–Crippen LogP) is 6.47. The van der Waals surface area contributed by atoms with Crippen LogP contribution >= 0.6 is 0 Å². The lowest BCUT2D eigenvalue weighted by atomic mass is 9.92. The van der Waals surface area contributed by atoms with Crippen LogP contribution < -0.4 is 10.1 Å². The number of aliphatic carboxylic acids is 1. The van der Waals surface area contributed by atoms with Crippen LogP contribution in [0, 0.1) is 11.6 Å². The van der Waals surface area contributed by atoms with Gasteiger partial charge in [0.1, 0.15) is 36.1 Å². The first-order valence-electron chi connectivity index (χ1n) is 12.8. The molecule has 0 aliphatic heterocycles. The van der Waals surface area contributed by atoms with Crippen LogP contribution in [0.2, 0.25) is 0 Å². The molecule has 0 heterocycles. The van der Waals surface area contributed by atoms with E-state index in [9.17, 15) is 23.5 Å². The normalized spacial score (nSPS) is 13.6. The summed E-state index contributed by atoms with van der Waals surface area (Å²) < 4.78 is 40.8. The van der Waals surface area contributed by atoms with Gasteiger partial charge >= 0.3 is 12.1 Å². The highest BCUT2D eigenvalue weighted by atomic mass is 19.1. The minimum atomic E-state index is -2.04. The zero-order valence-electron chi connectivity index (χ0n) is 21.7. The molecular weight excluding hydrogens is 516 g/mol. The fourth-order valence-corrected chi connectivity index (χ4v) is 4.96. The quantitative estimate of drug-likeness (QED) is 0.253. The lowest BCUT2D eigenvalue weighted by Crippen LogP contribution is -2.54. The standard InChI is InChI=1S/C32H27F2NO5/c1-32(30(36)37,17-26-28(33)15-21(16-29(26)34)39-18-20-9-3-2-4-10-20)35-31(38)40-19-27-24-13-7-5-11-22(24)23-12-6-8-14-25(23)27/h2-16,27H,17-19H2,1H3,(H,35,38)(H,36,37)/t32-/m0/s1.